The van der Waals surface area contributed by atoms with E-state index in [4.69, 9.17) is 16.0 Å². The molecule has 7 heteroatoms. The number of nitrogens with one attached hydrogen (secondary N) is 1. The highest BCUT2D eigenvalue weighted by Gasteiger charge is 2.29. The molecule has 0 aliphatic heterocycles. The molecule has 4 aromatic rings. The minimum Gasteiger partial charge on any atom is -0.419 e. The summed E-state index contributed by atoms with van der Waals surface area (Å²) in [5, 5.41) is 3.35. The first-order valence-electron chi connectivity index (χ1n) is 9.86. The lowest BCUT2D eigenvalue weighted by Crippen LogP contribution is -2.07. The second-order valence-electron chi connectivity index (χ2n) is 6.97. The van der Waals surface area contributed by atoms with Crippen molar-refractivity contribution in [3.8, 4) is 11.5 Å². The molecule has 3 aromatic carbocycles. The molecule has 0 atom stereocenters. The lowest BCUT2D eigenvalue weighted by atomic mass is 10.2. The highest BCUT2D eigenvalue weighted by molar-refractivity contribution is 7.91. The Bertz CT molecular complexity index is 1280. The lowest BCUT2D eigenvalue weighted by Gasteiger charge is -2.07. The van der Waals surface area contributed by atoms with Crippen molar-refractivity contribution in [2.45, 2.75) is 29.8 Å². The van der Waals surface area contributed by atoms with Crippen LogP contribution < -0.4 is 5.32 Å². The standard InChI is InChI=1S/C24H21ClN2O3S/c1-2-17-12-14-19(15-13-17)31(28,29)24-23(26-16-18-8-4-3-5-9-18)30-22(27-24)20-10-6-7-11-21(20)25/h3-15,26H,2,16H2,1H3. The van der Waals surface area contributed by atoms with E-state index in [1.807, 2.05) is 37.3 Å². The van der Waals surface area contributed by atoms with Crippen molar-refractivity contribution in [3.63, 3.8) is 0 Å². The topological polar surface area (TPSA) is 72.2 Å². The number of anilines is 1. The quantitative estimate of drug-likeness (QED) is 0.372. The number of rotatable bonds is 7. The van der Waals surface area contributed by atoms with E-state index in [1.54, 1.807) is 48.5 Å². The van der Waals surface area contributed by atoms with Gasteiger partial charge in [0.15, 0.2) is 0 Å². The molecule has 31 heavy (non-hydrogen) atoms. The van der Waals surface area contributed by atoms with Gasteiger partial charge in [-0.05, 0) is 41.8 Å². The van der Waals surface area contributed by atoms with E-state index in [0.29, 0.717) is 17.1 Å². The molecule has 0 aliphatic rings. The smallest absolute Gasteiger partial charge is 0.234 e. The molecule has 4 rings (SSSR count). The zero-order valence-electron chi connectivity index (χ0n) is 16.9. The summed E-state index contributed by atoms with van der Waals surface area (Å²) in [6, 6.07) is 23.5. The monoisotopic (exact) mass is 452 g/mol. The Morgan fingerprint density at radius 1 is 0.903 bits per heavy atom. The minimum atomic E-state index is -3.91. The van der Waals surface area contributed by atoms with Crippen molar-refractivity contribution in [2.24, 2.45) is 0 Å². The molecule has 158 valence electrons. The van der Waals surface area contributed by atoms with Gasteiger partial charge in [-0.25, -0.2) is 8.42 Å². The van der Waals surface area contributed by atoms with E-state index in [0.717, 1.165) is 17.5 Å². The fourth-order valence-corrected chi connectivity index (χ4v) is 4.64. The molecule has 0 fully saturated rings. The van der Waals surface area contributed by atoms with Gasteiger partial charge >= 0.3 is 0 Å². The Morgan fingerprint density at radius 2 is 1.58 bits per heavy atom. The number of hydrogen-bond acceptors (Lipinski definition) is 5. The van der Waals surface area contributed by atoms with Gasteiger partial charge in [0.2, 0.25) is 26.6 Å². The number of oxazole rings is 1. The molecule has 0 saturated carbocycles. The van der Waals surface area contributed by atoms with Gasteiger partial charge < -0.3 is 9.73 Å². The number of hydrogen-bond donors (Lipinski definition) is 1. The molecule has 5 nitrogen and oxygen atoms in total. The zero-order chi connectivity index (χ0) is 21.8. The number of sulfone groups is 1. The van der Waals surface area contributed by atoms with Gasteiger partial charge in [-0.3, -0.25) is 0 Å². The number of aromatic nitrogens is 1. The Labute approximate surface area is 186 Å². The van der Waals surface area contributed by atoms with Crippen LogP contribution >= 0.6 is 11.6 Å². The molecule has 1 N–H and O–H groups in total. The van der Waals surface area contributed by atoms with Crippen LogP contribution in [0.1, 0.15) is 18.1 Å². The van der Waals surface area contributed by atoms with E-state index < -0.39 is 9.84 Å². The molecule has 0 spiro atoms. The maximum atomic E-state index is 13.4. The maximum Gasteiger partial charge on any atom is 0.234 e. The second-order valence-corrected chi connectivity index (χ2v) is 9.25. The number of nitrogens with zero attached hydrogens (tertiary/aromatic N) is 1. The van der Waals surface area contributed by atoms with Gasteiger partial charge in [0.05, 0.1) is 15.5 Å². The van der Waals surface area contributed by atoms with Crippen LogP contribution in [0.15, 0.2) is 93.2 Å². The third-order valence-electron chi connectivity index (χ3n) is 4.89. The molecule has 0 bridgehead atoms. The molecule has 0 unspecified atom stereocenters. The van der Waals surface area contributed by atoms with Gasteiger partial charge in [0.25, 0.3) is 0 Å². The van der Waals surface area contributed by atoms with Crippen LogP contribution in [0.2, 0.25) is 5.02 Å². The normalized spacial score (nSPS) is 11.4. The summed E-state index contributed by atoms with van der Waals surface area (Å²) in [5.41, 5.74) is 2.56. The molecule has 0 saturated heterocycles. The Hall–Kier alpha value is -3.09. The summed E-state index contributed by atoms with van der Waals surface area (Å²) in [7, 11) is -3.91. The fraction of sp³-hybridized carbons (Fsp3) is 0.125. The first-order valence-corrected chi connectivity index (χ1v) is 11.7. The number of aryl methyl sites for hydroxylation is 1. The summed E-state index contributed by atoms with van der Waals surface area (Å²) in [6.45, 7) is 2.40. The molecule has 0 amide bonds. The third kappa shape index (κ3) is 4.50. The van der Waals surface area contributed by atoms with Crippen molar-refractivity contribution in [3.05, 3.63) is 95.0 Å². The predicted molar refractivity (Wildman–Crippen MR) is 122 cm³/mol. The van der Waals surface area contributed by atoms with Crippen LogP contribution in [0, 0.1) is 0 Å². The van der Waals surface area contributed by atoms with Gasteiger partial charge in [-0.15, -0.1) is 0 Å². The van der Waals surface area contributed by atoms with E-state index in [2.05, 4.69) is 10.3 Å². The SMILES string of the molecule is CCc1ccc(S(=O)(=O)c2nc(-c3ccccc3Cl)oc2NCc2ccccc2)cc1. The first kappa shape index (κ1) is 21.2. The highest BCUT2D eigenvalue weighted by Crippen LogP contribution is 2.35. The van der Waals surface area contributed by atoms with E-state index >= 15 is 0 Å². The van der Waals surface area contributed by atoms with Crippen molar-refractivity contribution in [2.75, 3.05) is 5.32 Å². The summed E-state index contributed by atoms with van der Waals surface area (Å²) in [5.74, 6) is 0.225. The van der Waals surface area contributed by atoms with Crippen LogP contribution in [0.25, 0.3) is 11.5 Å². The average molecular weight is 453 g/mol. The minimum absolute atomic E-state index is 0.0818. The molecule has 0 radical (unpaired) electrons. The summed E-state index contributed by atoms with van der Waals surface area (Å²) in [4.78, 5) is 4.50. The van der Waals surface area contributed by atoms with Crippen LogP contribution in [-0.4, -0.2) is 13.4 Å². The zero-order valence-corrected chi connectivity index (χ0v) is 18.5. The van der Waals surface area contributed by atoms with Gasteiger partial charge in [0.1, 0.15) is 0 Å². The maximum absolute atomic E-state index is 13.4. The van der Waals surface area contributed by atoms with Crippen molar-refractivity contribution in [1.29, 1.82) is 0 Å². The number of halogens is 1. The van der Waals surface area contributed by atoms with Crippen LogP contribution in [0.3, 0.4) is 0 Å². The summed E-state index contributed by atoms with van der Waals surface area (Å²) >= 11 is 6.29. The third-order valence-corrected chi connectivity index (χ3v) is 6.90. The molecule has 1 aromatic heterocycles. The second kappa shape index (κ2) is 8.96. The molecule has 1 heterocycles. The summed E-state index contributed by atoms with van der Waals surface area (Å²) in [6.07, 6.45) is 0.824. The van der Waals surface area contributed by atoms with Gasteiger partial charge in [0, 0.05) is 6.54 Å². The molecule has 0 aliphatic carbocycles. The van der Waals surface area contributed by atoms with Crippen LogP contribution in [0.5, 0.6) is 0 Å². The van der Waals surface area contributed by atoms with E-state index in [1.165, 1.54) is 0 Å². The first-order chi connectivity index (χ1) is 15.0. The van der Waals surface area contributed by atoms with Crippen LogP contribution in [-0.2, 0) is 22.8 Å². The summed E-state index contributed by atoms with van der Waals surface area (Å²) < 4.78 is 32.7. The van der Waals surface area contributed by atoms with E-state index in [-0.39, 0.29) is 21.7 Å². The van der Waals surface area contributed by atoms with Crippen LogP contribution in [0.4, 0.5) is 5.88 Å². The Balaban J connectivity index is 1.77. The van der Waals surface area contributed by atoms with Gasteiger partial charge in [-0.2, -0.15) is 4.98 Å². The fourth-order valence-electron chi connectivity index (χ4n) is 3.14. The Morgan fingerprint density at radius 3 is 2.26 bits per heavy atom. The lowest BCUT2D eigenvalue weighted by molar-refractivity contribution is 0.577. The molecular formula is C24H21ClN2O3S. The molecular weight excluding hydrogens is 432 g/mol. The van der Waals surface area contributed by atoms with Gasteiger partial charge in [-0.1, -0.05) is 73.1 Å². The average Bonchev–Trinajstić information content (AvgIpc) is 3.23. The highest BCUT2D eigenvalue weighted by atomic mass is 35.5. The predicted octanol–water partition coefficient (Wildman–Crippen LogP) is 6.00. The largest absolute Gasteiger partial charge is 0.419 e. The van der Waals surface area contributed by atoms with Crippen molar-refractivity contribution < 1.29 is 12.8 Å². The van der Waals surface area contributed by atoms with Crippen molar-refractivity contribution >= 4 is 27.3 Å². The number of benzene rings is 3. The van der Waals surface area contributed by atoms with E-state index in [9.17, 15) is 8.42 Å². The Kier molecular flexibility index (Phi) is 6.11. The van der Waals surface area contributed by atoms with Crippen molar-refractivity contribution in [1.82, 2.24) is 4.98 Å².